The molecule has 1 atom stereocenters. The van der Waals surface area contributed by atoms with Gasteiger partial charge in [0.1, 0.15) is 11.3 Å². The fourth-order valence-electron chi connectivity index (χ4n) is 2.25. The molecule has 3 N–H and O–H groups in total. The smallest absolute Gasteiger partial charge is 0.220 e. The first-order chi connectivity index (χ1) is 9.13. The minimum atomic E-state index is -0.127. The van der Waals surface area contributed by atoms with E-state index in [1.165, 1.54) is 0 Å². The molecule has 0 saturated heterocycles. The summed E-state index contributed by atoms with van der Waals surface area (Å²) in [6, 6.07) is 7.77. The molecule has 2 rings (SSSR count). The molecule has 2 aromatic rings. The van der Waals surface area contributed by atoms with E-state index < -0.39 is 0 Å². The number of hydrogen-bond acceptors (Lipinski definition) is 3. The second kappa shape index (κ2) is 7.31. The van der Waals surface area contributed by atoms with Gasteiger partial charge in [0.2, 0.25) is 5.91 Å². The summed E-state index contributed by atoms with van der Waals surface area (Å²) in [6.45, 7) is 4.49. The van der Waals surface area contributed by atoms with Crippen molar-refractivity contribution in [2.45, 2.75) is 32.7 Å². The number of carbonyl (C=O) groups is 1. The minimum absolute atomic E-state index is 0. The molecule has 0 saturated carbocycles. The number of amides is 1. The van der Waals surface area contributed by atoms with Crippen LogP contribution in [0.25, 0.3) is 11.0 Å². The maximum Gasteiger partial charge on any atom is 0.220 e. The topological polar surface area (TPSA) is 68.3 Å². The monoisotopic (exact) mass is 296 g/mol. The van der Waals surface area contributed by atoms with E-state index in [1.54, 1.807) is 0 Å². The molecule has 20 heavy (non-hydrogen) atoms. The third kappa shape index (κ3) is 3.52. The molecule has 1 aromatic carbocycles. The Kier molecular flexibility index (Phi) is 6.05. The van der Waals surface area contributed by atoms with Crippen molar-refractivity contribution in [3.63, 3.8) is 0 Å². The first kappa shape index (κ1) is 16.5. The Morgan fingerprint density at radius 1 is 1.40 bits per heavy atom. The first-order valence-corrected chi connectivity index (χ1v) is 6.61. The zero-order chi connectivity index (χ0) is 13.8. The summed E-state index contributed by atoms with van der Waals surface area (Å²) in [4.78, 5) is 11.7. The van der Waals surface area contributed by atoms with Crippen molar-refractivity contribution in [2.75, 3.05) is 6.54 Å². The summed E-state index contributed by atoms with van der Waals surface area (Å²) in [7, 11) is 0. The average Bonchev–Trinajstić information content (AvgIpc) is 2.74. The lowest BCUT2D eigenvalue weighted by molar-refractivity contribution is -0.121. The van der Waals surface area contributed by atoms with Crippen molar-refractivity contribution < 1.29 is 9.21 Å². The number of fused-ring (bicyclic) bond motifs is 1. The van der Waals surface area contributed by atoms with Gasteiger partial charge in [-0.15, -0.1) is 12.4 Å². The molecule has 0 aliphatic carbocycles. The van der Waals surface area contributed by atoms with E-state index in [-0.39, 0.29) is 24.4 Å². The number of aryl methyl sites for hydroxylation is 1. The summed E-state index contributed by atoms with van der Waals surface area (Å²) in [5.41, 5.74) is 7.34. The lowest BCUT2D eigenvalue weighted by Crippen LogP contribution is -2.27. The quantitative estimate of drug-likeness (QED) is 0.891. The Morgan fingerprint density at radius 3 is 2.75 bits per heavy atom. The largest absolute Gasteiger partial charge is 0.459 e. The highest BCUT2D eigenvalue weighted by molar-refractivity contribution is 5.85. The van der Waals surface area contributed by atoms with Crippen LogP contribution >= 0.6 is 12.4 Å². The van der Waals surface area contributed by atoms with Crippen LogP contribution in [0.15, 0.2) is 28.7 Å². The molecule has 0 radical (unpaired) electrons. The predicted molar refractivity (Wildman–Crippen MR) is 83.0 cm³/mol. The molecule has 1 aromatic heterocycles. The van der Waals surface area contributed by atoms with Crippen LogP contribution in [-0.4, -0.2) is 12.5 Å². The molecule has 0 aliphatic rings. The molecule has 0 bridgehead atoms. The minimum Gasteiger partial charge on any atom is -0.459 e. The SMILES string of the molecule is Cc1c(C(C)NC(=O)CCCN)oc2ccccc12.Cl. The lowest BCUT2D eigenvalue weighted by Gasteiger charge is -2.12. The summed E-state index contributed by atoms with van der Waals surface area (Å²) in [6.07, 6.45) is 1.16. The van der Waals surface area contributed by atoms with E-state index in [4.69, 9.17) is 10.2 Å². The van der Waals surface area contributed by atoms with Crippen molar-refractivity contribution in [1.29, 1.82) is 0 Å². The van der Waals surface area contributed by atoms with E-state index >= 15 is 0 Å². The van der Waals surface area contributed by atoms with Gasteiger partial charge in [-0.1, -0.05) is 18.2 Å². The maximum absolute atomic E-state index is 11.7. The molecule has 1 unspecified atom stereocenters. The van der Waals surface area contributed by atoms with Crippen molar-refractivity contribution >= 4 is 29.3 Å². The lowest BCUT2D eigenvalue weighted by atomic mass is 10.1. The van der Waals surface area contributed by atoms with Crippen LogP contribution in [-0.2, 0) is 4.79 Å². The molecule has 0 fully saturated rings. The van der Waals surface area contributed by atoms with Crippen LogP contribution in [0.2, 0.25) is 0 Å². The Balaban J connectivity index is 0.00000200. The van der Waals surface area contributed by atoms with E-state index in [1.807, 2.05) is 38.1 Å². The number of benzene rings is 1. The van der Waals surface area contributed by atoms with Gasteiger partial charge in [-0.2, -0.15) is 0 Å². The summed E-state index contributed by atoms with van der Waals surface area (Å²) < 4.78 is 5.83. The fourth-order valence-corrected chi connectivity index (χ4v) is 2.25. The van der Waals surface area contributed by atoms with Crippen molar-refractivity contribution in [2.24, 2.45) is 5.73 Å². The average molecular weight is 297 g/mol. The third-order valence-corrected chi connectivity index (χ3v) is 3.26. The van der Waals surface area contributed by atoms with Crippen LogP contribution in [0.1, 0.15) is 37.1 Å². The van der Waals surface area contributed by atoms with Crippen LogP contribution in [0, 0.1) is 6.92 Å². The summed E-state index contributed by atoms with van der Waals surface area (Å²) >= 11 is 0. The number of rotatable bonds is 5. The van der Waals surface area contributed by atoms with E-state index in [9.17, 15) is 4.79 Å². The van der Waals surface area contributed by atoms with Gasteiger partial charge >= 0.3 is 0 Å². The Labute approximate surface area is 125 Å². The number of para-hydroxylation sites is 1. The highest BCUT2D eigenvalue weighted by Crippen LogP contribution is 2.29. The van der Waals surface area contributed by atoms with Gasteiger partial charge < -0.3 is 15.5 Å². The van der Waals surface area contributed by atoms with Gasteiger partial charge in [0.05, 0.1) is 6.04 Å². The van der Waals surface area contributed by atoms with E-state index in [0.717, 1.165) is 22.3 Å². The molecule has 110 valence electrons. The number of nitrogens with two attached hydrogens (primary N) is 1. The molecule has 0 aliphatic heterocycles. The van der Waals surface area contributed by atoms with Gasteiger partial charge in [-0.05, 0) is 32.9 Å². The Morgan fingerprint density at radius 2 is 2.10 bits per heavy atom. The summed E-state index contributed by atoms with van der Waals surface area (Å²) in [5, 5.41) is 4.04. The normalized spacial score (nSPS) is 11.9. The van der Waals surface area contributed by atoms with Gasteiger partial charge in [-0.3, -0.25) is 4.79 Å². The number of hydrogen-bond donors (Lipinski definition) is 2. The third-order valence-electron chi connectivity index (χ3n) is 3.26. The van der Waals surface area contributed by atoms with Gasteiger partial charge in [0.25, 0.3) is 0 Å². The second-order valence-corrected chi connectivity index (χ2v) is 4.77. The molecule has 5 heteroatoms. The van der Waals surface area contributed by atoms with Crippen LogP contribution in [0.4, 0.5) is 0 Å². The fraction of sp³-hybridized carbons (Fsp3) is 0.400. The highest BCUT2D eigenvalue weighted by Gasteiger charge is 2.17. The van der Waals surface area contributed by atoms with Crippen LogP contribution < -0.4 is 11.1 Å². The van der Waals surface area contributed by atoms with Gasteiger partial charge in [0.15, 0.2) is 0 Å². The standard InChI is InChI=1S/C15H20N2O2.ClH/c1-10-12-6-3-4-7-13(12)19-15(10)11(2)17-14(18)8-5-9-16;/h3-4,6-7,11H,5,8-9,16H2,1-2H3,(H,17,18);1H. The molecule has 0 spiro atoms. The van der Waals surface area contributed by atoms with Crippen molar-refractivity contribution in [3.8, 4) is 0 Å². The Bertz CT molecular complexity index is 580. The number of furan rings is 1. The maximum atomic E-state index is 11.7. The molecular formula is C15H21ClN2O2. The van der Waals surface area contributed by atoms with Crippen LogP contribution in [0.5, 0.6) is 0 Å². The first-order valence-electron chi connectivity index (χ1n) is 6.61. The molecule has 4 nitrogen and oxygen atoms in total. The van der Waals surface area contributed by atoms with Gasteiger partial charge in [0, 0.05) is 17.4 Å². The molecule has 1 heterocycles. The number of nitrogens with one attached hydrogen (secondary N) is 1. The number of halogens is 1. The zero-order valence-electron chi connectivity index (χ0n) is 11.8. The molecular weight excluding hydrogens is 276 g/mol. The Hall–Kier alpha value is -1.52. The second-order valence-electron chi connectivity index (χ2n) is 4.77. The van der Waals surface area contributed by atoms with Gasteiger partial charge in [-0.25, -0.2) is 0 Å². The van der Waals surface area contributed by atoms with Crippen molar-refractivity contribution in [3.05, 3.63) is 35.6 Å². The molecule has 1 amide bonds. The van der Waals surface area contributed by atoms with Crippen LogP contribution in [0.3, 0.4) is 0 Å². The number of carbonyl (C=O) groups excluding carboxylic acids is 1. The van der Waals surface area contributed by atoms with E-state index in [0.29, 0.717) is 19.4 Å². The van der Waals surface area contributed by atoms with Crippen molar-refractivity contribution in [1.82, 2.24) is 5.32 Å². The predicted octanol–water partition coefficient (Wildman–Crippen LogP) is 3.08. The summed E-state index contributed by atoms with van der Waals surface area (Å²) in [5.74, 6) is 0.833. The highest BCUT2D eigenvalue weighted by atomic mass is 35.5. The van der Waals surface area contributed by atoms with E-state index in [2.05, 4.69) is 5.32 Å². The zero-order valence-corrected chi connectivity index (χ0v) is 12.6.